The van der Waals surface area contributed by atoms with E-state index in [1.165, 1.54) is 12.1 Å². The van der Waals surface area contributed by atoms with Crippen LogP contribution < -0.4 is 0 Å². The number of allylic oxidation sites excluding steroid dienone is 1. The summed E-state index contributed by atoms with van der Waals surface area (Å²) in [5.41, 5.74) is 2.91. The average Bonchev–Trinajstić information content (AvgIpc) is 3.16. The number of nitro groups is 1. The molecule has 1 aromatic heterocycles. The number of ketones is 1. The molecule has 1 N–H and O–H groups in total. The number of aromatic amines is 1. The fourth-order valence-electron chi connectivity index (χ4n) is 2.96. The zero-order chi connectivity index (χ0) is 19.5. The fourth-order valence-corrected chi connectivity index (χ4v) is 2.96. The Labute approximate surface area is 160 Å². The summed E-state index contributed by atoms with van der Waals surface area (Å²) in [6.45, 7) is 0. The highest BCUT2D eigenvalue weighted by atomic mass is 16.6. The molecule has 28 heavy (non-hydrogen) atoms. The minimum atomic E-state index is -0.461. The number of Topliss-reactive ketones (excluding diaryl/α,β-unsaturated/α-hetero) is 1. The molecule has 3 aromatic carbocycles. The minimum Gasteiger partial charge on any atom is -0.338 e. The molecule has 4 rings (SSSR count). The summed E-state index contributed by atoms with van der Waals surface area (Å²) in [4.78, 5) is 31.5. The maximum absolute atomic E-state index is 13.2. The van der Waals surface area contributed by atoms with Gasteiger partial charge in [-0.05, 0) is 23.8 Å². The van der Waals surface area contributed by atoms with Crippen molar-refractivity contribution < 1.29 is 9.72 Å². The smallest absolute Gasteiger partial charge is 0.270 e. The fraction of sp³-hybridized carbons (Fsp3) is 0. The molecule has 0 saturated heterocycles. The van der Waals surface area contributed by atoms with Gasteiger partial charge in [-0.2, -0.15) is 0 Å². The van der Waals surface area contributed by atoms with Crippen molar-refractivity contribution in [1.29, 1.82) is 0 Å². The molecule has 0 unspecified atom stereocenters. The summed E-state index contributed by atoms with van der Waals surface area (Å²) in [6, 6.07) is 22.5. The highest BCUT2D eigenvalue weighted by Crippen LogP contribution is 2.25. The van der Waals surface area contributed by atoms with E-state index in [-0.39, 0.29) is 11.5 Å². The Balaban J connectivity index is 1.87. The van der Waals surface area contributed by atoms with Crippen LogP contribution >= 0.6 is 0 Å². The molecular formula is C22H15N3O3. The van der Waals surface area contributed by atoms with Gasteiger partial charge in [-0.15, -0.1) is 0 Å². The van der Waals surface area contributed by atoms with Crippen LogP contribution in [0.4, 0.5) is 5.69 Å². The summed E-state index contributed by atoms with van der Waals surface area (Å²) in [5.74, 6) is 0.202. The van der Waals surface area contributed by atoms with Gasteiger partial charge in [0.05, 0.1) is 21.5 Å². The van der Waals surface area contributed by atoms with Gasteiger partial charge < -0.3 is 4.98 Å². The van der Waals surface area contributed by atoms with Gasteiger partial charge in [-0.1, -0.05) is 54.6 Å². The molecule has 0 saturated carbocycles. The molecule has 0 bridgehead atoms. The third kappa shape index (κ3) is 3.43. The van der Waals surface area contributed by atoms with Crippen LogP contribution in [0, 0.1) is 10.1 Å². The predicted molar refractivity (Wildman–Crippen MR) is 108 cm³/mol. The number of benzene rings is 3. The summed E-state index contributed by atoms with van der Waals surface area (Å²) in [6.07, 6.45) is 1.63. The number of fused-ring (bicyclic) bond motifs is 1. The summed E-state index contributed by atoms with van der Waals surface area (Å²) < 4.78 is 0. The Morgan fingerprint density at radius 1 is 0.964 bits per heavy atom. The molecular weight excluding hydrogens is 354 g/mol. The van der Waals surface area contributed by atoms with Gasteiger partial charge in [-0.3, -0.25) is 14.9 Å². The van der Waals surface area contributed by atoms with Gasteiger partial charge in [0.25, 0.3) is 5.69 Å². The van der Waals surface area contributed by atoms with E-state index in [0.29, 0.717) is 22.5 Å². The topological polar surface area (TPSA) is 88.9 Å². The summed E-state index contributed by atoms with van der Waals surface area (Å²) in [7, 11) is 0. The molecule has 0 aliphatic rings. The SMILES string of the molecule is O=C(C(=Cc1cccc([N+](=O)[O-])c1)c1nc2ccccc2[nH]1)c1ccccc1. The molecule has 0 amide bonds. The van der Waals surface area contributed by atoms with Crippen molar-refractivity contribution in [2.45, 2.75) is 0 Å². The van der Waals surface area contributed by atoms with E-state index in [1.54, 1.807) is 42.5 Å². The third-order valence-corrected chi connectivity index (χ3v) is 4.32. The van der Waals surface area contributed by atoms with Gasteiger partial charge in [0, 0.05) is 17.7 Å². The molecule has 0 radical (unpaired) electrons. The molecule has 136 valence electrons. The van der Waals surface area contributed by atoms with Crippen LogP contribution in [-0.4, -0.2) is 20.7 Å². The second-order valence-electron chi connectivity index (χ2n) is 6.21. The second kappa shape index (κ2) is 7.28. The van der Waals surface area contributed by atoms with Gasteiger partial charge >= 0.3 is 0 Å². The first-order chi connectivity index (χ1) is 13.6. The number of nitro benzene ring substituents is 1. The first-order valence-electron chi connectivity index (χ1n) is 8.63. The van der Waals surface area contributed by atoms with E-state index in [4.69, 9.17) is 0 Å². The van der Waals surface area contributed by atoms with Crippen LogP contribution in [0.5, 0.6) is 0 Å². The molecule has 0 aliphatic heterocycles. The van der Waals surface area contributed by atoms with Crippen LogP contribution in [0.2, 0.25) is 0 Å². The molecule has 0 aliphatic carbocycles. The van der Waals surface area contributed by atoms with Gasteiger partial charge in [0.2, 0.25) is 0 Å². The number of imidazole rings is 1. The number of non-ortho nitro benzene ring substituents is 1. The zero-order valence-corrected chi connectivity index (χ0v) is 14.7. The van der Waals surface area contributed by atoms with Crippen molar-refractivity contribution in [3.8, 4) is 0 Å². The van der Waals surface area contributed by atoms with Crippen LogP contribution in [0.25, 0.3) is 22.7 Å². The van der Waals surface area contributed by atoms with Crippen molar-refractivity contribution in [2.24, 2.45) is 0 Å². The standard InChI is InChI=1S/C22H15N3O3/c26-21(16-8-2-1-3-9-16)18(14-15-7-6-10-17(13-15)25(27)28)22-23-19-11-4-5-12-20(19)24-22/h1-14H,(H,23,24). The minimum absolute atomic E-state index is 0.0372. The van der Waals surface area contributed by atoms with E-state index in [2.05, 4.69) is 9.97 Å². The van der Waals surface area contributed by atoms with Gasteiger partial charge in [0.15, 0.2) is 5.78 Å². The van der Waals surface area contributed by atoms with Crippen molar-refractivity contribution in [2.75, 3.05) is 0 Å². The highest BCUT2D eigenvalue weighted by molar-refractivity contribution is 6.31. The highest BCUT2D eigenvalue weighted by Gasteiger charge is 2.18. The van der Waals surface area contributed by atoms with Gasteiger partial charge in [-0.25, -0.2) is 4.98 Å². The summed E-state index contributed by atoms with van der Waals surface area (Å²) >= 11 is 0. The number of hydrogen-bond donors (Lipinski definition) is 1. The van der Waals surface area contributed by atoms with Crippen LogP contribution in [-0.2, 0) is 0 Å². The maximum Gasteiger partial charge on any atom is 0.270 e. The lowest BCUT2D eigenvalue weighted by molar-refractivity contribution is -0.384. The molecule has 1 heterocycles. The van der Waals surface area contributed by atoms with Crippen molar-refractivity contribution >= 4 is 34.2 Å². The van der Waals surface area contributed by atoms with Crippen LogP contribution in [0.15, 0.2) is 78.9 Å². The predicted octanol–water partition coefficient (Wildman–Crippen LogP) is 4.89. The van der Waals surface area contributed by atoms with Crippen LogP contribution in [0.1, 0.15) is 21.7 Å². The van der Waals surface area contributed by atoms with Crippen molar-refractivity contribution in [3.05, 3.63) is 106 Å². The van der Waals surface area contributed by atoms with Crippen LogP contribution in [0.3, 0.4) is 0 Å². The maximum atomic E-state index is 13.2. The largest absolute Gasteiger partial charge is 0.338 e. The third-order valence-electron chi connectivity index (χ3n) is 4.32. The first-order valence-corrected chi connectivity index (χ1v) is 8.63. The Hall–Kier alpha value is -4.06. The monoisotopic (exact) mass is 369 g/mol. The Kier molecular flexibility index (Phi) is 4.51. The van der Waals surface area contributed by atoms with E-state index in [9.17, 15) is 14.9 Å². The average molecular weight is 369 g/mol. The number of carbonyl (C=O) groups is 1. The number of nitrogens with one attached hydrogen (secondary N) is 1. The van der Waals surface area contributed by atoms with Crippen molar-refractivity contribution in [3.63, 3.8) is 0 Å². The van der Waals surface area contributed by atoms with E-state index in [1.807, 2.05) is 30.3 Å². The van der Waals surface area contributed by atoms with Gasteiger partial charge in [0.1, 0.15) is 5.82 Å². The van der Waals surface area contributed by atoms with Crippen molar-refractivity contribution in [1.82, 2.24) is 9.97 Å². The number of hydrogen-bond acceptors (Lipinski definition) is 4. The Morgan fingerprint density at radius 2 is 1.71 bits per heavy atom. The lowest BCUT2D eigenvalue weighted by Gasteiger charge is -2.05. The van der Waals surface area contributed by atoms with E-state index >= 15 is 0 Å². The lowest BCUT2D eigenvalue weighted by atomic mass is 10.00. The lowest BCUT2D eigenvalue weighted by Crippen LogP contribution is -2.04. The molecule has 0 atom stereocenters. The second-order valence-corrected chi connectivity index (χ2v) is 6.21. The number of para-hydroxylation sites is 2. The first kappa shape index (κ1) is 17.4. The molecule has 6 nitrogen and oxygen atoms in total. The number of nitrogens with zero attached hydrogens (tertiary/aromatic N) is 2. The quantitative estimate of drug-likeness (QED) is 0.235. The Morgan fingerprint density at radius 3 is 2.46 bits per heavy atom. The number of H-pyrrole nitrogens is 1. The molecule has 0 spiro atoms. The van der Waals surface area contributed by atoms with E-state index in [0.717, 1.165) is 11.0 Å². The number of aromatic nitrogens is 2. The molecule has 4 aromatic rings. The molecule has 6 heteroatoms. The summed E-state index contributed by atoms with van der Waals surface area (Å²) in [5, 5.41) is 11.1. The van der Waals surface area contributed by atoms with E-state index < -0.39 is 4.92 Å². The zero-order valence-electron chi connectivity index (χ0n) is 14.7. The molecule has 0 fully saturated rings. The Bertz CT molecular complexity index is 1180. The number of carbonyl (C=O) groups excluding carboxylic acids is 1. The number of rotatable bonds is 5. The normalized spacial score (nSPS) is 11.5.